The highest BCUT2D eigenvalue weighted by Crippen LogP contribution is 2.46. The van der Waals surface area contributed by atoms with Crippen LogP contribution in [0, 0.1) is 5.92 Å². The van der Waals surface area contributed by atoms with Crippen molar-refractivity contribution < 1.29 is 19.2 Å². The molecule has 1 amide bonds. The van der Waals surface area contributed by atoms with Gasteiger partial charge in [-0.1, -0.05) is 20.8 Å². The maximum absolute atomic E-state index is 12.6. The molecule has 1 aliphatic rings. The minimum atomic E-state index is -0.562. The van der Waals surface area contributed by atoms with Crippen LogP contribution < -0.4 is 5.32 Å². The fraction of sp³-hybridized carbons (Fsp3) is 0.955. The standard InChI is InChI=1S/C22H45N3O3/c1-10-21(6)16-19(26)17(4)22(7,11-2)24(21)28-18(5)20(27)23-14-13-15-25(8,9)12-3/h17-19,26H,10-16H2,1-9H3/p+1. The average Bonchev–Trinajstić information content (AvgIpc) is 2.66. The van der Waals surface area contributed by atoms with E-state index in [9.17, 15) is 9.90 Å². The lowest BCUT2D eigenvalue weighted by molar-refractivity contribution is -0.888. The molecule has 1 fully saturated rings. The zero-order chi connectivity index (χ0) is 21.8. The second kappa shape index (κ2) is 9.88. The van der Waals surface area contributed by atoms with Crippen LogP contribution in [0.5, 0.6) is 0 Å². The van der Waals surface area contributed by atoms with Crippen LogP contribution in [0.2, 0.25) is 0 Å². The summed E-state index contributed by atoms with van der Waals surface area (Å²) in [5, 5.41) is 15.7. The Hall–Kier alpha value is -0.690. The maximum Gasteiger partial charge on any atom is 0.250 e. The molecule has 0 radical (unpaired) electrons. The van der Waals surface area contributed by atoms with Gasteiger partial charge in [0.2, 0.25) is 0 Å². The third-order valence-corrected chi connectivity index (χ3v) is 7.37. The molecule has 0 aliphatic carbocycles. The Morgan fingerprint density at radius 3 is 2.39 bits per heavy atom. The Kier molecular flexibility index (Phi) is 8.94. The molecule has 1 rings (SSSR count). The van der Waals surface area contributed by atoms with Gasteiger partial charge < -0.3 is 14.9 Å². The predicted octanol–water partition coefficient (Wildman–Crippen LogP) is 2.95. The molecule has 1 heterocycles. The summed E-state index contributed by atoms with van der Waals surface area (Å²) in [6.45, 7) is 17.4. The summed E-state index contributed by atoms with van der Waals surface area (Å²) >= 11 is 0. The van der Waals surface area contributed by atoms with Crippen molar-refractivity contribution in [3.05, 3.63) is 0 Å². The van der Waals surface area contributed by atoms with Crippen LogP contribution in [0.1, 0.15) is 74.1 Å². The molecule has 0 aromatic carbocycles. The van der Waals surface area contributed by atoms with Crippen LogP contribution in [-0.4, -0.2) is 77.6 Å². The molecular formula is C22H46N3O3+. The highest BCUT2D eigenvalue weighted by atomic mass is 16.7. The second-order valence-electron chi connectivity index (χ2n) is 9.78. The van der Waals surface area contributed by atoms with Crippen LogP contribution in [0.25, 0.3) is 0 Å². The van der Waals surface area contributed by atoms with Gasteiger partial charge in [-0.25, -0.2) is 0 Å². The summed E-state index contributed by atoms with van der Waals surface area (Å²) in [6, 6.07) is 0. The number of nitrogens with one attached hydrogen (secondary N) is 1. The number of aliphatic hydroxyl groups is 1. The molecular weight excluding hydrogens is 354 g/mol. The van der Waals surface area contributed by atoms with Crippen LogP contribution in [0.3, 0.4) is 0 Å². The van der Waals surface area contributed by atoms with Crippen molar-refractivity contribution in [3.63, 3.8) is 0 Å². The first-order valence-electron chi connectivity index (χ1n) is 11.1. The summed E-state index contributed by atoms with van der Waals surface area (Å²) < 4.78 is 0.958. The Balaban J connectivity index is 2.77. The second-order valence-corrected chi connectivity index (χ2v) is 9.78. The number of rotatable bonds is 10. The number of carbonyl (C=O) groups is 1. The van der Waals surface area contributed by atoms with Crippen molar-refractivity contribution in [2.45, 2.75) is 97.4 Å². The van der Waals surface area contributed by atoms with E-state index in [1.807, 2.05) is 12.0 Å². The first kappa shape index (κ1) is 25.3. The first-order valence-corrected chi connectivity index (χ1v) is 11.1. The molecule has 0 aromatic rings. The van der Waals surface area contributed by atoms with E-state index in [4.69, 9.17) is 4.84 Å². The molecule has 0 bridgehead atoms. The van der Waals surface area contributed by atoms with Gasteiger partial charge in [0, 0.05) is 30.0 Å². The zero-order valence-electron chi connectivity index (χ0n) is 19.8. The normalized spacial score (nSPS) is 32.9. The Morgan fingerprint density at radius 1 is 1.29 bits per heavy atom. The number of nitrogens with zero attached hydrogens (tertiary/aromatic N) is 2. The van der Waals surface area contributed by atoms with Gasteiger partial charge in [0.15, 0.2) is 6.10 Å². The molecule has 1 saturated heterocycles. The third-order valence-electron chi connectivity index (χ3n) is 7.37. The number of aliphatic hydroxyl groups excluding tert-OH is 1. The van der Waals surface area contributed by atoms with Gasteiger partial charge in [0.1, 0.15) is 0 Å². The molecule has 0 spiro atoms. The van der Waals surface area contributed by atoms with Gasteiger partial charge in [-0.15, -0.1) is 0 Å². The number of carbonyl (C=O) groups excluding carboxylic acids is 1. The fourth-order valence-electron chi connectivity index (χ4n) is 4.15. The van der Waals surface area contributed by atoms with Crippen LogP contribution in [0.4, 0.5) is 0 Å². The van der Waals surface area contributed by atoms with Crippen molar-refractivity contribution in [1.29, 1.82) is 0 Å². The summed E-state index contributed by atoms with van der Waals surface area (Å²) in [6.07, 6.45) is 2.38. The third kappa shape index (κ3) is 5.68. The van der Waals surface area contributed by atoms with Crippen molar-refractivity contribution in [3.8, 4) is 0 Å². The number of hydrogen-bond acceptors (Lipinski definition) is 4. The van der Waals surface area contributed by atoms with E-state index < -0.39 is 6.10 Å². The molecule has 2 N–H and O–H groups in total. The zero-order valence-corrected chi connectivity index (χ0v) is 19.8. The number of hydrogen-bond donors (Lipinski definition) is 2. The van der Waals surface area contributed by atoms with E-state index in [1.165, 1.54) is 0 Å². The van der Waals surface area contributed by atoms with E-state index in [-0.39, 0.29) is 29.0 Å². The van der Waals surface area contributed by atoms with Crippen molar-refractivity contribution in [1.82, 2.24) is 10.4 Å². The van der Waals surface area contributed by atoms with E-state index in [0.29, 0.717) is 13.0 Å². The smallest absolute Gasteiger partial charge is 0.250 e. The number of hydroxylamine groups is 2. The van der Waals surface area contributed by atoms with E-state index >= 15 is 0 Å². The number of amides is 1. The minimum absolute atomic E-state index is 0.0708. The molecule has 28 heavy (non-hydrogen) atoms. The lowest BCUT2D eigenvalue weighted by atomic mass is 9.69. The lowest BCUT2D eigenvalue weighted by Gasteiger charge is -2.58. The van der Waals surface area contributed by atoms with Gasteiger partial charge in [0.05, 0.1) is 33.3 Å². The highest BCUT2D eigenvalue weighted by molar-refractivity contribution is 5.80. The Morgan fingerprint density at radius 2 is 1.89 bits per heavy atom. The average molecular weight is 401 g/mol. The molecule has 0 aromatic heterocycles. The summed E-state index contributed by atoms with van der Waals surface area (Å²) in [7, 11) is 4.41. The quantitative estimate of drug-likeness (QED) is 0.437. The topological polar surface area (TPSA) is 61.8 Å². The fourth-order valence-corrected chi connectivity index (χ4v) is 4.15. The SMILES string of the molecule is CCC1(C)CC(O)C(C)C(C)(CC)N1OC(C)C(=O)NCCC[N+](C)(C)CC. The lowest BCUT2D eigenvalue weighted by Crippen LogP contribution is -2.68. The minimum Gasteiger partial charge on any atom is -0.393 e. The summed E-state index contributed by atoms with van der Waals surface area (Å²) in [4.78, 5) is 18.9. The van der Waals surface area contributed by atoms with Crippen molar-refractivity contribution >= 4 is 5.91 Å². The Bertz CT molecular complexity index is 513. The number of quaternary nitrogens is 1. The van der Waals surface area contributed by atoms with Gasteiger partial charge in [-0.05, 0) is 47.0 Å². The van der Waals surface area contributed by atoms with Gasteiger partial charge in [0.25, 0.3) is 5.91 Å². The number of piperidine rings is 1. The Labute approximate surface area is 173 Å². The molecule has 5 unspecified atom stereocenters. The monoisotopic (exact) mass is 400 g/mol. The van der Waals surface area contributed by atoms with E-state index in [2.05, 4.69) is 61.0 Å². The van der Waals surface area contributed by atoms with Crippen molar-refractivity contribution in [2.24, 2.45) is 5.92 Å². The van der Waals surface area contributed by atoms with Crippen LogP contribution in [0.15, 0.2) is 0 Å². The molecule has 1 aliphatic heterocycles. The van der Waals surface area contributed by atoms with Crippen LogP contribution in [-0.2, 0) is 9.63 Å². The van der Waals surface area contributed by atoms with Gasteiger partial charge in [-0.3, -0.25) is 9.63 Å². The maximum atomic E-state index is 12.6. The van der Waals surface area contributed by atoms with Gasteiger partial charge in [-0.2, -0.15) is 5.06 Å². The summed E-state index contributed by atoms with van der Waals surface area (Å²) in [5.74, 6) is -0.00100. The molecule has 0 saturated carbocycles. The van der Waals surface area contributed by atoms with Crippen LogP contribution >= 0.6 is 0 Å². The predicted molar refractivity (Wildman–Crippen MR) is 115 cm³/mol. The molecule has 6 nitrogen and oxygen atoms in total. The molecule has 5 atom stereocenters. The van der Waals surface area contributed by atoms with E-state index in [0.717, 1.165) is 36.8 Å². The van der Waals surface area contributed by atoms with Gasteiger partial charge >= 0.3 is 0 Å². The highest BCUT2D eigenvalue weighted by Gasteiger charge is 2.54. The van der Waals surface area contributed by atoms with E-state index in [1.54, 1.807) is 0 Å². The van der Waals surface area contributed by atoms with Crippen molar-refractivity contribution in [2.75, 3.05) is 33.7 Å². The molecule has 6 heteroatoms. The summed E-state index contributed by atoms with van der Waals surface area (Å²) in [5.41, 5.74) is -0.618. The molecule has 166 valence electrons. The first-order chi connectivity index (χ1) is 12.9. The largest absolute Gasteiger partial charge is 0.393 e.